The lowest BCUT2D eigenvalue weighted by atomic mass is 9.87. The van der Waals surface area contributed by atoms with Crippen LogP contribution in [0.2, 0.25) is 0 Å². The van der Waals surface area contributed by atoms with E-state index in [1.165, 1.54) is 27.7 Å². The second-order valence-corrected chi connectivity index (χ2v) is 9.07. The second kappa shape index (κ2) is 7.25. The number of aromatic amines is 1. The molecule has 146 valence electrons. The van der Waals surface area contributed by atoms with Crippen LogP contribution in [-0.4, -0.2) is 21.5 Å². The van der Waals surface area contributed by atoms with Crippen LogP contribution in [0.15, 0.2) is 48.5 Å². The van der Waals surface area contributed by atoms with Gasteiger partial charge in [-0.3, -0.25) is 0 Å². The second-order valence-electron chi connectivity index (χ2n) is 8.69. The number of aromatic nitrogens is 1. The fourth-order valence-corrected chi connectivity index (χ4v) is 4.57. The van der Waals surface area contributed by atoms with E-state index in [9.17, 15) is 0 Å². The molecule has 0 saturated carbocycles. The van der Waals surface area contributed by atoms with Crippen LogP contribution >= 0.6 is 12.2 Å². The van der Waals surface area contributed by atoms with E-state index in [0.717, 1.165) is 30.2 Å². The van der Waals surface area contributed by atoms with Crippen molar-refractivity contribution in [3.8, 4) is 0 Å². The number of benzene rings is 2. The Kier molecular flexibility index (Phi) is 4.92. The van der Waals surface area contributed by atoms with E-state index >= 15 is 0 Å². The Morgan fingerprint density at radius 1 is 1.14 bits per heavy atom. The minimum Gasteiger partial charge on any atom is -0.356 e. The number of thiocarbonyl (C=S) groups is 1. The molecule has 1 unspecified atom stereocenters. The van der Waals surface area contributed by atoms with Crippen LogP contribution in [0.25, 0.3) is 10.9 Å². The molecule has 4 rings (SSSR count). The zero-order valence-corrected chi connectivity index (χ0v) is 18.0. The summed E-state index contributed by atoms with van der Waals surface area (Å²) in [6, 6.07) is 17.5. The molecule has 3 aromatic rings. The largest absolute Gasteiger partial charge is 0.356 e. The molecule has 1 aliphatic heterocycles. The number of nitrogens with zero attached hydrogens (tertiary/aromatic N) is 1. The van der Waals surface area contributed by atoms with Gasteiger partial charge in [0.15, 0.2) is 5.11 Å². The number of hydrogen-bond donors (Lipinski definition) is 2. The maximum absolute atomic E-state index is 5.82. The van der Waals surface area contributed by atoms with Crippen LogP contribution in [0.4, 0.5) is 5.69 Å². The lowest BCUT2D eigenvalue weighted by molar-refractivity contribution is 0.291. The average molecular weight is 392 g/mol. The Hall–Kier alpha value is -2.33. The van der Waals surface area contributed by atoms with Gasteiger partial charge in [-0.15, -0.1) is 0 Å². The number of fused-ring (bicyclic) bond motifs is 3. The standard InChI is InChI=1S/C24H29N3S/c1-5-21-22-19(18-8-6-7-9-20(18)26-22)14-15-27(21)23(28)25-17-12-10-16(11-13-17)24(2,3)4/h6-13,21,26H,5,14-15H2,1-4H3,(H,25,28). The molecule has 3 nitrogen and oxygen atoms in total. The van der Waals surface area contributed by atoms with E-state index in [1.807, 2.05) is 0 Å². The van der Waals surface area contributed by atoms with Crippen LogP contribution < -0.4 is 5.32 Å². The van der Waals surface area contributed by atoms with Gasteiger partial charge in [0, 0.05) is 28.8 Å². The smallest absolute Gasteiger partial charge is 0.174 e. The fraction of sp³-hybridized carbons (Fsp3) is 0.375. The minimum absolute atomic E-state index is 0.158. The number of anilines is 1. The SMILES string of the molecule is CCC1c2[nH]c3ccccc3c2CCN1C(=S)Nc1ccc(C(C)(C)C)cc1. The number of para-hydroxylation sites is 1. The molecule has 0 saturated heterocycles. The van der Waals surface area contributed by atoms with Gasteiger partial charge in [-0.2, -0.15) is 0 Å². The van der Waals surface area contributed by atoms with Crippen LogP contribution in [0.3, 0.4) is 0 Å². The van der Waals surface area contributed by atoms with E-state index in [1.54, 1.807) is 0 Å². The topological polar surface area (TPSA) is 31.1 Å². The van der Waals surface area contributed by atoms with Crippen molar-refractivity contribution in [1.29, 1.82) is 0 Å². The molecule has 1 atom stereocenters. The Balaban J connectivity index is 1.56. The molecule has 1 aromatic heterocycles. The van der Waals surface area contributed by atoms with Gasteiger partial charge in [-0.05, 0) is 59.8 Å². The van der Waals surface area contributed by atoms with Gasteiger partial charge in [0.2, 0.25) is 0 Å². The van der Waals surface area contributed by atoms with E-state index in [-0.39, 0.29) is 11.5 Å². The lowest BCUT2D eigenvalue weighted by Crippen LogP contribution is -2.42. The molecule has 1 aliphatic rings. The molecular weight excluding hydrogens is 362 g/mol. The molecule has 0 bridgehead atoms. The first kappa shape index (κ1) is 19.0. The van der Waals surface area contributed by atoms with Crippen molar-refractivity contribution in [2.75, 3.05) is 11.9 Å². The first-order valence-corrected chi connectivity index (χ1v) is 10.6. The summed E-state index contributed by atoms with van der Waals surface area (Å²) in [6.07, 6.45) is 2.03. The quantitative estimate of drug-likeness (QED) is 0.512. The molecule has 2 heterocycles. The zero-order valence-electron chi connectivity index (χ0n) is 17.2. The number of rotatable bonds is 2. The van der Waals surface area contributed by atoms with Crippen molar-refractivity contribution in [2.24, 2.45) is 0 Å². The normalized spacial score (nSPS) is 16.9. The minimum atomic E-state index is 0.158. The highest BCUT2D eigenvalue weighted by molar-refractivity contribution is 7.80. The van der Waals surface area contributed by atoms with Gasteiger partial charge < -0.3 is 15.2 Å². The van der Waals surface area contributed by atoms with Crippen molar-refractivity contribution in [3.63, 3.8) is 0 Å². The molecule has 0 amide bonds. The summed E-state index contributed by atoms with van der Waals surface area (Å²) < 4.78 is 0. The van der Waals surface area contributed by atoms with Crippen molar-refractivity contribution in [2.45, 2.75) is 52.0 Å². The predicted octanol–water partition coefficient (Wildman–Crippen LogP) is 6.17. The van der Waals surface area contributed by atoms with E-state index < -0.39 is 0 Å². The van der Waals surface area contributed by atoms with Crippen molar-refractivity contribution in [1.82, 2.24) is 9.88 Å². The Labute approximate surface area is 173 Å². The number of H-pyrrole nitrogens is 1. The lowest BCUT2D eigenvalue weighted by Gasteiger charge is -2.37. The molecule has 28 heavy (non-hydrogen) atoms. The third kappa shape index (κ3) is 3.42. The van der Waals surface area contributed by atoms with Crippen LogP contribution in [-0.2, 0) is 11.8 Å². The van der Waals surface area contributed by atoms with Crippen molar-refractivity contribution < 1.29 is 0 Å². The zero-order chi connectivity index (χ0) is 19.9. The molecule has 0 radical (unpaired) electrons. The molecular formula is C24H29N3S. The van der Waals surface area contributed by atoms with Crippen molar-refractivity contribution >= 4 is 33.9 Å². The van der Waals surface area contributed by atoms with Crippen molar-refractivity contribution in [3.05, 3.63) is 65.4 Å². The summed E-state index contributed by atoms with van der Waals surface area (Å²) in [6.45, 7) is 9.88. The summed E-state index contributed by atoms with van der Waals surface area (Å²) in [5, 5.41) is 5.62. The summed E-state index contributed by atoms with van der Waals surface area (Å²) in [5.41, 5.74) is 6.54. The monoisotopic (exact) mass is 391 g/mol. The fourth-order valence-electron chi connectivity index (χ4n) is 4.24. The first-order valence-electron chi connectivity index (χ1n) is 10.2. The van der Waals surface area contributed by atoms with E-state index in [0.29, 0.717) is 0 Å². The van der Waals surface area contributed by atoms with Crippen LogP contribution in [0.5, 0.6) is 0 Å². The highest BCUT2D eigenvalue weighted by atomic mass is 32.1. The Morgan fingerprint density at radius 3 is 2.54 bits per heavy atom. The molecule has 4 heteroatoms. The van der Waals surface area contributed by atoms with Gasteiger partial charge in [0.05, 0.1) is 6.04 Å². The van der Waals surface area contributed by atoms with E-state index in [2.05, 4.69) is 91.4 Å². The third-order valence-corrected chi connectivity index (χ3v) is 6.15. The third-order valence-electron chi connectivity index (χ3n) is 5.81. The van der Waals surface area contributed by atoms with E-state index in [4.69, 9.17) is 12.2 Å². The van der Waals surface area contributed by atoms with Crippen LogP contribution in [0.1, 0.15) is 57.0 Å². The summed E-state index contributed by atoms with van der Waals surface area (Å²) >= 11 is 5.82. The summed E-state index contributed by atoms with van der Waals surface area (Å²) in [7, 11) is 0. The average Bonchev–Trinajstić information content (AvgIpc) is 3.05. The molecule has 0 spiro atoms. The Bertz CT molecular complexity index is 995. The predicted molar refractivity (Wildman–Crippen MR) is 123 cm³/mol. The number of hydrogen-bond acceptors (Lipinski definition) is 1. The van der Waals surface area contributed by atoms with Gasteiger partial charge in [0.1, 0.15) is 0 Å². The summed E-state index contributed by atoms with van der Waals surface area (Å²) in [5.74, 6) is 0. The molecule has 0 fully saturated rings. The van der Waals surface area contributed by atoms with Gasteiger partial charge >= 0.3 is 0 Å². The molecule has 2 aromatic carbocycles. The van der Waals surface area contributed by atoms with Crippen LogP contribution in [0, 0.1) is 0 Å². The highest BCUT2D eigenvalue weighted by Gasteiger charge is 2.30. The maximum atomic E-state index is 5.82. The van der Waals surface area contributed by atoms with Gasteiger partial charge in [-0.25, -0.2) is 0 Å². The highest BCUT2D eigenvalue weighted by Crippen LogP contribution is 2.36. The molecule has 0 aliphatic carbocycles. The Morgan fingerprint density at radius 2 is 1.86 bits per heavy atom. The summed E-state index contributed by atoms with van der Waals surface area (Å²) in [4.78, 5) is 6.00. The maximum Gasteiger partial charge on any atom is 0.174 e. The van der Waals surface area contributed by atoms with Gasteiger partial charge in [0.25, 0.3) is 0 Å². The first-order chi connectivity index (χ1) is 13.4. The molecule has 2 N–H and O–H groups in total. The van der Waals surface area contributed by atoms with Gasteiger partial charge in [-0.1, -0.05) is 58.0 Å². The number of nitrogens with one attached hydrogen (secondary N) is 2.